The van der Waals surface area contributed by atoms with Gasteiger partial charge < -0.3 is 29.0 Å². The van der Waals surface area contributed by atoms with Crippen molar-refractivity contribution in [1.82, 2.24) is 0 Å². The molecular weight excluding hydrogens is 494 g/mol. The SMILES string of the molecule is CCCCOC(C)Oc1ccc(-c2ccc3c(c2)C=C(C(=O)O)CCN3Cc2cc(OC)ccc2OC)cc1. The van der Waals surface area contributed by atoms with E-state index >= 15 is 0 Å². The van der Waals surface area contributed by atoms with E-state index in [4.69, 9.17) is 18.9 Å². The van der Waals surface area contributed by atoms with Crippen LogP contribution in [0.2, 0.25) is 0 Å². The first-order chi connectivity index (χ1) is 18.9. The van der Waals surface area contributed by atoms with Gasteiger partial charge in [-0.3, -0.25) is 0 Å². The average Bonchev–Trinajstić information content (AvgIpc) is 3.12. The molecule has 0 saturated heterocycles. The second-order valence-corrected chi connectivity index (χ2v) is 9.53. The Morgan fingerprint density at radius 3 is 2.41 bits per heavy atom. The van der Waals surface area contributed by atoms with Crippen LogP contribution in [0, 0.1) is 0 Å². The molecule has 7 nitrogen and oxygen atoms in total. The van der Waals surface area contributed by atoms with E-state index in [1.807, 2.05) is 55.5 Å². The molecule has 1 aliphatic heterocycles. The summed E-state index contributed by atoms with van der Waals surface area (Å²) in [7, 11) is 3.28. The van der Waals surface area contributed by atoms with Crippen LogP contribution >= 0.6 is 0 Å². The molecule has 3 aromatic carbocycles. The highest BCUT2D eigenvalue weighted by atomic mass is 16.7. The van der Waals surface area contributed by atoms with E-state index in [9.17, 15) is 9.90 Å². The Labute approximate surface area is 230 Å². The van der Waals surface area contributed by atoms with E-state index in [2.05, 4.69) is 24.0 Å². The first-order valence-electron chi connectivity index (χ1n) is 13.3. The fourth-order valence-electron chi connectivity index (χ4n) is 4.66. The number of hydrogen-bond donors (Lipinski definition) is 1. The van der Waals surface area contributed by atoms with Crippen molar-refractivity contribution < 1.29 is 28.8 Å². The summed E-state index contributed by atoms with van der Waals surface area (Å²) in [5, 5.41) is 9.82. The van der Waals surface area contributed by atoms with E-state index in [1.165, 1.54) is 0 Å². The van der Waals surface area contributed by atoms with Crippen molar-refractivity contribution in [2.45, 2.75) is 45.9 Å². The van der Waals surface area contributed by atoms with Crippen LogP contribution in [-0.2, 0) is 16.1 Å². The van der Waals surface area contributed by atoms with Crippen LogP contribution in [0.4, 0.5) is 5.69 Å². The number of benzene rings is 3. The molecular formula is C32H37NO6. The van der Waals surface area contributed by atoms with E-state index in [-0.39, 0.29) is 6.29 Å². The van der Waals surface area contributed by atoms with Gasteiger partial charge in [-0.25, -0.2) is 4.79 Å². The van der Waals surface area contributed by atoms with Gasteiger partial charge in [0.1, 0.15) is 17.2 Å². The third-order valence-corrected chi connectivity index (χ3v) is 6.81. The van der Waals surface area contributed by atoms with Crippen LogP contribution in [0.1, 0.15) is 44.2 Å². The zero-order valence-corrected chi connectivity index (χ0v) is 23.1. The number of carbonyl (C=O) groups is 1. The molecule has 0 radical (unpaired) electrons. The highest BCUT2D eigenvalue weighted by Crippen LogP contribution is 2.35. The summed E-state index contributed by atoms with van der Waals surface area (Å²) in [5.41, 5.74) is 5.19. The Bertz CT molecular complexity index is 1300. The number of carboxylic acid groups (broad SMARTS) is 1. The normalized spacial score (nSPS) is 13.6. The summed E-state index contributed by atoms with van der Waals surface area (Å²) in [6.45, 7) is 5.82. The predicted molar refractivity (Wildman–Crippen MR) is 154 cm³/mol. The molecule has 0 bridgehead atoms. The first-order valence-corrected chi connectivity index (χ1v) is 13.3. The maximum atomic E-state index is 12.0. The van der Waals surface area contributed by atoms with Crippen molar-refractivity contribution in [1.29, 1.82) is 0 Å². The molecule has 1 unspecified atom stereocenters. The number of fused-ring (bicyclic) bond motifs is 1. The van der Waals surface area contributed by atoms with Crippen LogP contribution in [0.3, 0.4) is 0 Å². The van der Waals surface area contributed by atoms with Crippen molar-refractivity contribution in [3.8, 4) is 28.4 Å². The standard InChI is InChI=1S/C32H37NO6/c1-5-6-17-38-22(2)39-28-10-7-23(8-11-28)24-9-13-30-26(18-24)19-25(32(34)35)15-16-33(30)21-27-20-29(36-3)12-14-31(27)37-4/h7-14,18-20,22H,5-6,15-17,21H2,1-4H3,(H,34,35). The van der Waals surface area contributed by atoms with Crippen LogP contribution in [0.5, 0.6) is 17.2 Å². The second kappa shape index (κ2) is 13.2. The van der Waals surface area contributed by atoms with Gasteiger partial charge >= 0.3 is 5.97 Å². The monoisotopic (exact) mass is 531 g/mol. The van der Waals surface area contributed by atoms with Crippen LogP contribution in [0.15, 0.2) is 66.2 Å². The molecule has 3 aromatic rings. The Balaban J connectivity index is 1.60. The number of rotatable bonds is 12. The molecule has 1 atom stereocenters. The van der Waals surface area contributed by atoms with E-state index in [1.54, 1.807) is 20.3 Å². The molecule has 0 spiro atoms. The number of methoxy groups -OCH3 is 2. The predicted octanol–water partition coefficient (Wildman–Crippen LogP) is 6.79. The number of unbranched alkanes of at least 4 members (excludes halogenated alkanes) is 1. The van der Waals surface area contributed by atoms with Gasteiger partial charge in [0.05, 0.1) is 20.8 Å². The smallest absolute Gasteiger partial charge is 0.331 e. The number of carboxylic acids is 1. The minimum atomic E-state index is -0.899. The molecule has 1 aliphatic rings. The lowest BCUT2D eigenvalue weighted by Gasteiger charge is -2.26. The summed E-state index contributed by atoms with van der Waals surface area (Å²) in [6, 6.07) is 19.8. The lowest BCUT2D eigenvalue weighted by Crippen LogP contribution is -2.24. The van der Waals surface area contributed by atoms with Gasteiger partial charge in [0, 0.05) is 29.9 Å². The number of aliphatic carboxylic acids is 1. The summed E-state index contributed by atoms with van der Waals surface area (Å²) in [5.74, 6) is 1.35. The van der Waals surface area contributed by atoms with Crippen LogP contribution in [-0.4, -0.2) is 44.7 Å². The van der Waals surface area contributed by atoms with Gasteiger partial charge in [-0.15, -0.1) is 0 Å². The molecule has 0 saturated carbocycles. The zero-order valence-electron chi connectivity index (χ0n) is 23.1. The van der Waals surface area contributed by atoms with Gasteiger partial charge in [-0.2, -0.15) is 0 Å². The lowest BCUT2D eigenvalue weighted by atomic mass is 10.00. The third-order valence-electron chi connectivity index (χ3n) is 6.81. The number of hydrogen-bond acceptors (Lipinski definition) is 6. The molecule has 1 N–H and O–H groups in total. The van der Waals surface area contributed by atoms with Crippen LogP contribution in [0.25, 0.3) is 17.2 Å². The summed E-state index contributed by atoms with van der Waals surface area (Å²) in [6.07, 6.45) is 3.99. The minimum Gasteiger partial charge on any atom is -0.497 e. The molecule has 0 aliphatic carbocycles. The van der Waals surface area contributed by atoms with Crippen molar-refractivity contribution >= 4 is 17.7 Å². The summed E-state index contributed by atoms with van der Waals surface area (Å²) in [4.78, 5) is 14.2. The fraction of sp³-hybridized carbons (Fsp3) is 0.344. The van der Waals surface area contributed by atoms with E-state index in [0.717, 1.165) is 58.0 Å². The number of nitrogens with zero attached hydrogens (tertiary/aromatic N) is 1. The Kier molecular flexibility index (Phi) is 9.49. The lowest BCUT2D eigenvalue weighted by molar-refractivity contribution is -0.132. The highest BCUT2D eigenvalue weighted by molar-refractivity contribution is 5.94. The minimum absolute atomic E-state index is 0.316. The Morgan fingerprint density at radius 1 is 0.974 bits per heavy atom. The van der Waals surface area contributed by atoms with Gasteiger partial charge in [0.2, 0.25) is 0 Å². The fourth-order valence-corrected chi connectivity index (χ4v) is 4.66. The van der Waals surface area contributed by atoms with Crippen molar-refractivity contribution in [3.63, 3.8) is 0 Å². The molecule has 7 heteroatoms. The Morgan fingerprint density at radius 2 is 1.72 bits per heavy atom. The maximum absolute atomic E-state index is 12.0. The largest absolute Gasteiger partial charge is 0.497 e. The first kappa shape index (κ1) is 28.0. The molecule has 39 heavy (non-hydrogen) atoms. The molecule has 0 amide bonds. The Hall–Kier alpha value is -3.97. The highest BCUT2D eigenvalue weighted by Gasteiger charge is 2.21. The third kappa shape index (κ3) is 7.12. The molecule has 0 aromatic heterocycles. The number of ether oxygens (including phenoxy) is 4. The average molecular weight is 532 g/mol. The summed E-state index contributed by atoms with van der Waals surface area (Å²) < 4.78 is 22.6. The van der Waals surface area contributed by atoms with Crippen molar-refractivity contribution in [2.75, 3.05) is 32.3 Å². The van der Waals surface area contributed by atoms with E-state index < -0.39 is 5.97 Å². The molecule has 1 heterocycles. The zero-order chi connectivity index (χ0) is 27.8. The topological polar surface area (TPSA) is 77.5 Å². The van der Waals surface area contributed by atoms with Gasteiger partial charge in [-0.05, 0) is 85.0 Å². The van der Waals surface area contributed by atoms with E-state index in [0.29, 0.717) is 31.7 Å². The van der Waals surface area contributed by atoms with Crippen molar-refractivity contribution in [2.24, 2.45) is 0 Å². The van der Waals surface area contributed by atoms with Crippen molar-refractivity contribution in [3.05, 3.63) is 77.4 Å². The van der Waals surface area contributed by atoms with Crippen LogP contribution < -0.4 is 19.1 Å². The molecule has 206 valence electrons. The van der Waals surface area contributed by atoms with Gasteiger partial charge in [0.25, 0.3) is 0 Å². The molecule has 0 fully saturated rings. The maximum Gasteiger partial charge on any atom is 0.331 e. The summed E-state index contributed by atoms with van der Waals surface area (Å²) >= 11 is 0. The van der Waals surface area contributed by atoms with Gasteiger partial charge in [0.15, 0.2) is 6.29 Å². The quantitative estimate of drug-likeness (QED) is 0.204. The molecule has 4 rings (SSSR count). The second-order valence-electron chi connectivity index (χ2n) is 9.53. The number of anilines is 1. The van der Waals surface area contributed by atoms with Gasteiger partial charge in [-0.1, -0.05) is 31.5 Å².